The van der Waals surface area contributed by atoms with E-state index < -0.39 is 0 Å². The van der Waals surface area contributed by atoms with Crippen molar-refractivity contribution in [2.24, 2.45) is 0 Å². The van der Waals surface area contributed by atoms with Gasteiger partial charge in [-0.3, -0.25) is 4.98 Å². The van der Waals surface area contributed by atoms with Gasteiger partial charge < -0.3 is 4.42 Å². The summed E-state index contributed by atoms with van der Waals surface area (Å²) in [6.07, 6.45) is 3.55. The quantitative estimate of drug-likeness (QED) is 0.659. The predicted molar refractivity (Wildman–Crippen MR) is 67.7 cm³/mol. The lowest BCUT2D eigenvalue weighted by molar-refractivity contribution is 0.509. The van der Waals surface area contributed by atoms with Crippen molar-refractivity contribution >= 4 is 10.8 Å². The van der Waals surface area contributed by atoms with Gasteiger partial charge in [-0.05, 0) is 19.1 Å². The molecule has 0 N–H and O–H groups in total. The lowest BCUT2D eigenvalue weighted by Gasteiger charge is -2.07. The van der Waals surface area contributed by atoms with E-state index in [9.17, 15) is 0 Å². The third-order valence-electron chi connectivity index (χ3n) is 2.90. The molecule has 2 aromatic heterocycles. The summed E-state index contributed by atoms with van der Waals surface area (Å²) in [4.78, 5) is 4.32. The molecule has 1 aromatic carbocycles. The first-order valence-electron chi connectivity index (χ1n) is 5.56. The molecule has 0 saturated carbocycles. The molecule has 17 heavy (non-hydrogen) atoms. The molecule has 2 heterocycles. The minimum Gasteiger partial charge on any atom is -0.467 e. The molecule has 3 aromatic rings. The van der Waals surface area contributed by atoms with Gasteiger partial charge in [0.1, 0.15) is 5.76 Å². The Balaban J connectivity index is 2.10. The zero-order chi connectivity index (χ0) is 11.7. The molecule has 0 aliphatic rings. The van der Waals surface area contributed by atoms with E-state index in [0.717, 1.165) is 22.2 Å². The Morgan fingerprint density at radius 3 is 2.71 bits per heavy atom. The Kier molecular flexibility index (Phi) is 2.41. The van der Waals surface area contributed by atoms with Gasteiger partial charge in [0.05, 0.1) is 17.9 Å². The van der Waals surface area contributed by atoms with Crippen molar-refractivity contribution in [2.75, 3.05) is 0 Å². The van der Waals surface area contributed by atoms with Crippen LogP contribution < -0.4 is 0 Å². The summed E-state index contributed by atoms with van der Waals surface area (Å²) in [5, 5.41) is 2.21. The van der Waals surface area contributed by atoms with Gasteiger partial charge in [0, 0.05) is 17.0 Å². The van der Waals surface area contributed by atoms with Crippen LogP contribution in [0.25, 0.3) is 10.8 Å². The fourth-order valence-electron chi connectivity index (χ4n) is 2.00. The second-order valence-corrected chi connectivity index (χ2v) is 3.99. The van der Waals surface area contributed by atoms with Gasteiger partial charge in [0.25, 0.3) is 0 Å². The zero-order valence-electron chi connectivity index (χ0n) is 9.34. The highest BCUT2D eigenvalue weighted by molar-refractivity contribution is 5.84. The smallest absolute Gasteiger partial charge is 0.120 e. The van der Waals surface area contributed by atoms with E-state index in [-0.39, 0.29) is 5.92 Å². The average Bonchev–Trinajstić information content (AvgIpc) is 2.83. The fraction of sp³-hybridized carbons (Fsp3) is 0.0667. The standard InChI is InChI=1S/C15H12NO/c1-11(14-8-4-5-9-16-14)15-13-7-3-2-6-12(13)10-17-15/h2-11H,1H2. The molecule has 0 aliphatic carbocycles. The number of benzene rings is 1. The van der Waals surface area contributed by atoms with Gasteiger partial charge in [0.15, 0.2) is 0 Å². The Labute approximate surface area is 99.9 Å². The minimum atomic E-state index is -0.0731. The number of pyridine rings is 1. The Bertz CT molecular complexity index is 627. The highest BCUT2D eigenvalue weighted by Gasteiger charge is 2.16. The number of rotatable bonds is 2. The summed E-state index contributed by atoms with van der Waals surface area (Å²) >= 11 is 0. The molecule has 83 valence electrons. The fourth-order valence-corrected chi connectivity index (χ4v) is 2.00. The van der Waals surface area contributed by atoms with Crippen molar-refractivity contribution < 1.29 is 4.42 Å². The predicted octanol–water partition coefficient (Wildman–Crippen LogP) is 3.79. The lowest BCUT2D eigenvalue weighted by Crippen LogP contribution is -1.97. The molecule has 1 atom stereocenters. The van der Waals surface area contributed by atoms with E-state index in [1.54, 1.807) is 12.5 Å². The van der Waals surface area contributed by atoms with Crippen molar-refractivity contribution in [3.63, 3.8) is 0 Å². The number of hydrogen-bond donors (Lipinski definition) is 0. The van der Waals surface area contributed by atoms with E-state index in [2.05, 4.69) is 18.0 Å². The topological polar surface area (TPSA) is 26.0 Å². The van der Waals surface area contributed by atoms with Crippen LogP contribution in [-0.2, 0) is 0 Å². The zero-order valence-corrected chi connectivity index (χ0v) is 9.34. The number of hydrogen-bond acceptors (Lipinski definition) is 2. The third kappa shape index (κ3) is 1.72. The maximum atomic E-state index is 5.63. The highest BCUT2D eigenvalue weighted by Crippen LogP contribution is 2.30. The van der Waals surface area contributed by atoms with Crippen molar-refractivity contribution in [3.05, 3.63) is 73.3 Å². The molecule has 0 fully saturated rings. The summed E-state index contributed by atoms with van der Waals surface area (Å²) in [7, 11) is 0. The van der Waals surface area contributed by atoms with E-state index in [0.29, 0.717) is 0 Å². The van der Waals surface area contributed by atoms with Crippen LogP contribution in [0, 0.1) is 6.92 Å². The van der Waals surface area contributed by atoms with Gasteiger partial charge in [-0.1, -0.05) is 30.3 Å². The first-order chi connectivity index (χ1) is 8.36. The van der Waals surface area contributed by atoms with Crippen LogP contribution >= 0.6 is 0 Å². The second kappa shape index (κ2) is 4.06. The molecule has 0 aliphatic heterocycles. The first kappa shape index (κ1) is 10.1. The van der Waals surface area contributed by atoms with E-state index >= 15 is 0 Å². The summed E-state index contributed by atoms with van der Waals surface area (Å²) in [6, 6.07) is 13.9. The minimum absolute atomic E-state index is 0.0731. The van der Waals surface area contributed by atoms with E-state index in [1.165, 1.54) is 0 Å². The summed E-state index contributed by atoms with van der Waals surface area (Å²) in [5.41, 5.74) is 0.924. The van der Waals surface area contributed by atoms with Crippen molar-refractivity contribution in [1.29, 1.82) is 0 Å². The molecule has 2 heteroatoms. The van der Waals surface area contributed by atoms with Crippen LogP contribution in [0.15, 0.2) is 59.3 Å². The van der Waals surface area contributed by atoms with Crippen LogP contribution in [0.5, 0.6) is 0 Å². The van der Waals surface area contributed by atoms with Gasteiger partial charge >= 0.3 is 0 Å². The molecule has 2 nitrogen and oxygen atoms in total. The number of nitrogens with zero attached hydrogens (tertiary/aromatic N) is 1. The maximum absolute atomic E-state index is 5.63. The van der Waals surface area contributed by atoms with Gasteiger partial charge in [-0.2, -0.15) is 0 Å². The van der Waals surface area contributed by atoms with Gasteiger partial charge in [-0.25, -0.2) is 0 Å². The largest absolute Gasteiger partial charge is 0.467 e. The molecular weight excluding hydrogens is 210 g/mol. The van der Waals surface area contributed by atoms with Crippen LogP contribution in [0.3, 0.4) is 0 Å². The van der Waals surface area contributed by atoms with Crippen molar-refractivity contribution in [1.82, 2.24) is 4.98 Å². The molecular formula is C15H12NO. The molecule has 0 spiro atoms. The monoisotopic (exact) mass is 222 g/mol. The SMILES string of the molecule is [CH2]C(c1ccccn1)c1occ2ccccc12. The lowest BCUT2D eigenvalue weighted by atomic mass is 10.0. The van der Waals surface area contributed by atoms with Gasteiger partial charge in [-0.15, -0.1) is 0 Å². The number of aromatic nitrogens is 1. The van der Waals surface area contributed by atoms with Gasteiger partial charge in [0.2, 0.25) is 0 Å². The van der Waals surface area contributed by atoms with Crippen molar-refractivity contribution in [2.45, 2.75) is 5.92 Å². The summed E-state index contributed by atoms with van der Waals surface area (Å²) in [5.74, 6) is 0.801. The maximum Gasteiger partial charge on any atom is 0.120 e. The highest BCUT2D eigenvalue weighted by atomic mass is 16.3. The Hall–Kier alpha value is -2.09. The van der Waals surface area contributed by atoms with Crippen LogP contribution in [0.4, 0.5) is 0 Å². The molecule has 1 radical (unpaired) electrons. The Morgan fingerprint density at radius 2 is 1.88 bits per heavy atom. The molecule has 0 bridgehead atoms. The molecule has 3 rings (SSSR count). The average molecular weight is 222 g/mol. The summed E-state index contributed by atoms with van der Waals surface area (Å²) < 4.78 is 5.63. The van der Waals surface area contributed by atoms with Crippen LogP contribution in [-0.4, -0.2) is 4.98 Å². The molecule has 0 saturated heterocycles. The van der Waals surface area contributed by atoms with E-state index in [4.69, 9.17) is 4.42 Å². The van der Waals surface area contributed by atoms with E-state index in [1.807, 2.05) is 36.4 Å². The number of fused-ring (bicyclic) bond motifs is 1. The summed E-state index contributed by atoms with van der Waals surface area (Å²) in [6.45, 7) is 4.14. The second-order valence-electron chi connectivity index (χ2n) is 3.99. The molecule has 1 unspecified atom stereocenters. The number of furan rings is 1. The third-order valence-corrected chi connectivity index (χ3v) is 2.90. The normalized spacial score (nSPS) is 12.8. The Morgan fingerprint density at radius 1 is 1.06 bits per heavy atom. The van der Waals surface area contributed by atoms with Crippen LogP contribution in [0.1, 0.15) is 17.4 Å². The molecule has 0 amide bonds. The van der Waals surface area contributed by atoms with Crippen molar-refractivity contribution in [3.8, 4) is 0 Å². The first-order valence-corrected chi connectivity index (χ1v) is 5.56. The van der Waals surface area contributed by atoms with Crippen LogP contribution in [0.2, 0.25) is 0 Å².